The second kappa shape index (κ2) is 31.6. The van der Waals surface area contributed by atoms with Crippen LogP contribution in [0.4, 0.5) is 20.7 Å². The van der Waals surface area contributed by atoms with Crippen molar-refractivity contribution in [3.05, 3.63) is 94.8 Å². The zero-order chi connectivity index (χ0) is 50.3. The zero-order valence-corrected chi connectivity index (χ0v) is 41.8. The summed E-state index contributed by atoms with van der Waals surface area (Å²) in [5.74, 6) is -3.52. The molecule has 2 atom stereocenters. The van der Waals surface area contributed by atoms with Crippen molar-refractivity contribution in [2.45, 2.75) is 77.4 Å². The standard InChI is InChI=1S/2C22H26FN3O4.Ca.2O2S/c2*1-13(2)20-18(10-9-16(27)11-17(28)12-19(29)30)21(25-22(24-20)26(3)4)14-5-7-15(23)8-6-14;;2*1-3-2/h2*5-10,13,17,28H,11-12H2,1-4H3,(H,29,30);;;/q;;+2;;/p-2/b2*10-9+;;;/t2*17-;;;/m11.../s1. The summed E-state index contributed by atoms with van der Waals surface area (Å²) >= 11 is -1.50. The van der Waals surface area contributed by atoms with Gasteiger partial charge in [0.2, 0.25) is 11.9 Å². The van der Waals surface area contributed by atoms with E-state index in [4.69, 9.17) is 16.8 Å². The molecule has 0 saturated carbocycles. The molecule has 356 valence electrons. The number of carboxylic acids is 2. The first-order valence-electron chi connectivity index (χ1n) is 19.7. The van der Waals surface area contributed by atoms with Gasteiger partial charge in [0, 0.05) is 88.1 Å². The van der Waals surface area contributed by atoms with Crippen LogP contribution in [0.2, 0.25) is 0 Å². The molecule has 2 aromatic carbocycles. The Kier molecular flexibility index (Phi) is 29.1. The first-order valence-corrected chi connectivity index (χ1v) is 21.0. The van der Waals surface area contributed by atoms with Gasteiger partial charge in [0.25, 0.3) is 0 Å². The van der Waals surface area contributed by atoms with Crippen molar-refractivity contribution in [3.63, 3.8) is 0 Å². The first-order chi connectivity index (χ1) is 31.0. The Morgan fingerprint density at radius 2 is 0.866 bits per heavy atom. The van der Waals surface area contributed by atoms with Crippen LogP contribution in [-0.4, -0.2) is 149 Å². The van der Waals surface area contributed by atoms with Crippen LogP contribution < -0.4 is 20.0 Å². The average Bonchev–Trinajstić information content (AvgIpc) is 3.22. The number of halogens is 2. The fraction of sp³-hybridized carbons (Fsp3) is 0.364. The number of carbonyl (C=O) groups excluding carboxylic acids is 4. The first kappa shape index (κ1) is 61.6. The SMILES string of the molecule is CC(C)c1nc(N(C)C)nc(-c2ccc(F)cc2)c1/C=C/C(=O)C[C@@H](O)CC(=O)[O-].CC(C)c1nc(N(C)C)nc(-c2ccc(F)cc2)c1/C=C/C(=O)C[C@@H](O)CC(=O)[O-].O=S=O.O=S=O.[Ca+2]. The van der Waals surface area contributed by atoms with Gasteiger partial charge < -0.3 is 39.8 Å². The quantitative estimate of drug-likeness (QED) is 0.107. The summed E-state index contributed by atoms with van der Waals surface area (Å²) < 4.78 is 60.0. The number of hydrogen-bond acceptors (Lipinski definition) is 18. The van der Waals surface area contributed by atoms with Crippen LogP contribution in [0.25, 0.3) is 34.7 Å². The molecule has 18 nitrogen and oxygen atoms in total. The fourth-order valence-electron chi connectivity index (χ4n) is 5.70. The number of aromatic nitrogens is 4. The van der Waals surface area contributed by atoms with Crippen molar-refractivity contribution in [3.8, 4) is 22.5 Å². The van der Waals surface area contributed by atoms with Crippen LogP contribution in [0.5, 0.6) is 0 Å². The molecule has 0 aliphatic rings. The Morgan fingerprint density at radius 3 is 1.10 bits per heavy atom. The maximum absolute atomic E-state index is 13.4. The van der Waals surface area contributed by atoms with E-state index in [1.807, 2.05) is 55.9 Å². The van der Waals surface area contributed by atoms with Gasteiger partial charge in [0.05, 0.1) is 35.0 Å². The third-order valence-electron chi connectivity index (χ3n) is 8.61. The smallest absolute Gasteiger partial charge is 0.550 e. The molecule has 0 amide bonds. The predicted octanol–water partition coefficient (Wildman–Crippen LogP) is 2.17. The summed E-state index contributed by atoms with van der Waals surface area (Å²) in [5, 5.41) is 40.4. The molecule has 0 fully saturated rings. The van der Waals surface area contributed by atoms with E-state index in [-0.39, 0.29) is 74.1 Å². The molecule has 2 N–H and O–H groups in total. The number of anilines is 2. The van der Waals surface area contributed by atoms with Crippen LogP contribution in [0.15, 0.2) is 60.7 Å². The van der Waals surface area contributed by atoms with E-state index in [1.165, 1.54) is 36.4 Å². The number of hydrogen-bond donors (Lipinski definition) is 2. The number of aliphatic hydroxyl groups is 2. The van der Waals surface area contributed by atoms with Gasteiger partial charge in [-0.15, -0.1) is 0 Å². The van der Waals surface area contributed by atoms with E-state index in [0.29, 0.717) is 56.9 Å². The number of benzene rings is 2. The van der Waals surface area contributed by atoms with Crippen molar-refractivity contribution < 1.29 is 65.2 Å². The van der Waals surface area contributed by atoms with Gasteiger partial charge in [0.1, 0.15) is 11.6 Å². The van der Waals surface area contributed by atoms with Crippen LogP contribution in [0.3, 0.4) is 0 Å². The fourth-order valence-corrected chi connectivity index (χ4v) is 5.70. The third-order valence-corrected chi connectivity index (χ3v) is 8.61. The van der Waals surface area contributed by atoms with Crippen LogP contribution in [-0.2, 0) is 42.3 Å². The number of carbonyl (C=O) groups is 4. The molecular formula is C44H50CaF2N6O12S2. The van der Waals surface area contributed by atoms with Gasteiger partial charge in [0.15, 0.2) is 11.6 Å². The number of aliphatic carboxylic acids is 2. The molecule has 0 bridgehead atoms. The molecule has 0 aliphatic carbocycles. The monoisotopic (exact) mass is 996 g/mol. The minimum atomic E-state index is -1.42. The zero-order valence-electron chi connectivity index (χ0n) is 38.0. The van der Waals surface area contributed by atoms with Gasteiger partial charge in [-0.3, -0.25) is 9.59 Å². The van der Waals surface area contributed by atoms with Crippen molar-refractivity contribution in [2.24, 2.45) is 0 Å². The second-order valence-electron chi connectivity index (χ2n) is 15.1. The minimum Gasteiger partial charge on any atom is -0.550 e. The molecule has 0 aliphatic heterocycles. The van der Waals surface area contributed by atoms with E-state index in [9.17, 15) is 48.4 Å². The molecule has 4 aromatic rings. The summed E-state index contributed by atoms with van der Waals surface area (Å²) in [6.07, 6.45) is 1.10. The average molecular weight is 997 g/mol. The molecule has 0 spiro atoms. The van der Waals surface area contributed by atoms with Crippen molar-refractivity contribution in [1.82, 2.24) is 19.9 Å². The second-order valence-corrected chi connectivity index (χ2v) is 15.3. The van der Waals surface area contributed by atoms with Gasteiger partial charge in [-0.2, -0.15) is 16.8 Å². The molecular weight excluding hydrogens is 947 g/mol. The summed E-state index contributed by atoms with van der Waals surface area (Å²) in [5.41, 5.74) is 5.00. The molecule has 0 radical (unpaired) electrons. The number of allylic oxidation sites excluding steroid dienone is 2. The Labute approximate surface area is 423 Å². The maximum atomic E-state index is 13.4. The Hall–Kier alpha value is -5.36. The van der Waals surface area contributed by atoms with Gasteiger partial charge >= 0.3 is 60.9 Å². The van der Waals surface area contributed by atoms with E-state index in [0.717, 1.165) is 0 Å². The van der Waals surface area contributed by atoms with Crippen molar-refractivity contribution >= 4 is 108 Å². The van der Waals surface area contributed by atoms with Gasteiger partial charge in [-0.1, -0.05) is 27.7 Å². The largest absolute Gasteiger partial charge is 2.00 e. The maximum Gasteiger partial charge on any atom is 2.00 e. The molecule has 4 rings (SSSR count). The number of carboxylic acid groups (broad SMARTS) is 2. The number of nitrogens with zero attached hydrogens (tertiary/aromatic N) is 6. The topological polar surface area (TPSA) is 281 Å². The summed E-state index contributed by atoms with van der Waals surface area (Å²) in [6, 6.07) is 11.7. The van der Waals surface area contributed by atoms with E-state index in [2.05, 4.69) is 19.9 Å². The van der Waals surface area contributed by atoms with Crippen LogP contribution >= 0.6 is 0 Å². The van der Waals surface area contributed by atoms with Crippen LogP contribution in [0.1, 0.15) is 87.7 Å². The molecule has 0 saturated heterocycles. The molecule has 0 unspecified atom stereocenters. The van der Waals surface area contributed by atoms with Crippen molar-refractivity contribution in [2.75, 3.05) is 38.0 Å². The molecule has 67 heavy (non-hydrogen) atoms. The minimum absolute atomic E-state index is 0. The molecule has 2 aromatic heterocycles. The Morgan fingerprint density at radius 1 is 0.582 bits per heavy atom. The molecule has 23 heteroatoms. The third kappa shape index (κ3) is 22.3. The van der Waals surface area contributed by atoms with Gasteiger partial charge in [-0.25, -0.2) is 28.7 Å². The number of ketones is 2. The summed E-state index contributed by atoms with van der Waals surface area (Å²) in [6.45, 7) is 7.83. The summed E-state index contributed by atoms with van der Waals surface area (Å²) in [4.78, 5) is 67.4. The molecule has 2 heterocycles. The Balaban J connectivity index is 0.00000115. The Bertz CT molecular complexity index is 2240. The van der Waals surface area contributed by atoms with Crippen LogP contribution in [0, 0.1) is 11.6 Å². The van der Waals surface area contributed by atoms with E-state index >= 15 is 0 Å². The van der Waals surface area contributed by atoms with Crippen molar-refractivity contribution in [1.29, 1.82) is 0 Å². The normalized spacial score (nSPS) is 11.4. The number of rotatable bonds is 18. The summed E-state index contributed by atoms with van der Waals surface area (Å²) in [7, 11) is 7.24. The van der Waals surface area contributed by atoms with E-state index in [1.54, 1.807) is 46.2 Å². The van der Waals surface area contributed by atoms with Gasteiger partial charge in [-0.05, 0) is 84.7 Å². The van der Waals surface area contributed by atoms with E-state index < -0.39 is 71.7 Å². The number of aliphatic hydroxyl groups excluding tert-OH is 2. The predicted molar refractivity (Wildman–Crippen MR) is 244 cm³/mol.